The van der Waals surface area contributed by atoms with Crippen molar-refractivity contribution < 1.29 is 23.4 Å². The minimum Gasteiger partial charge on any atom is -0.508 e. The fraction of sp³-hybridized carbons (Fsp3) is 0.381. The standard InChI is InChI=1S/C21H25F2N3O3/c1-24(14-16-2-8-19(9-3-16)29-21(22)23)15-20(28)26-12-10-25(11-13-26)17-4-6-18(27)7-5-17/h2-9,21,27H,10-15H2,1H3. The van der Waals surface area contributed by atoms with Crippen molar-refractivity contribution in [3.8, 4) is 11.5 Å². The minimum absolute atomic E-state index is 0.0653. The number of piperazine rings is 1. The van der Waals surface area contributed by atoms with Gasteiger partial charge in [-0.2, -0.15) is 8.78 Å². The average Bonchev–Trinajstić information content (AvgIpc) is 2.70. The Kier molecular flexibility index (Phi) is 6.87. The summed E-state index contributed by atoms with van der Waals surface area (Å²) in [5, 5.41) is 9.40. The van der Waals surface area contributed by atoms with E-state index in [1.54, 1.807) is 24.3 Å². The van der Waals surface area contributed by atoms with Gasteiger partial charge in [-0.05, 0) is 49.0 Å². The number of benzene rings is 2. The number of anilines is 1. The highest BCUT2D eigenvalue weighted by molar-refractivity contribution is 5.78. The molecule has 0 aromatic heterocycles. The molecule has 0 saturated carbocycles. The summed E-state index contributed by atoms with van der Waals surface area (Å²) in [5.41, 5.74) is 1.95. The van der Waals surface area contributed by atoms with Gasteiger partial charge in [-0.3, -0.25) is 9.69 Å². The highest BCUT2D eigenvalue weighted by Crippen LogP contribution is 2.20. The molecule has 1 fully saturated rings. The van der Waals surface area contributed by atoms with Crippen LogP contribution in [0.1, 0.15) is 5.56 Å². The molecule has 3 rings (SSSR count). The molecule has 8 heteroatoms. The first kappa shape index (κ1) is 20.9. The summed E-state index contributed by atoms with van der Waals surface area (Å²) in [6.07, 6.45) is 0. The molecule has 1 saturated heterocycles. The summed E-state index contributed by atoms with van der Waals surface area (Å²) >= 11 is 0. The van der Waals surface area contributed by atoms with Crippen molar-refractivity contribution in [3.63, 3.8) is 0 Å². The van der Waals surface area contributed by atoms with Crippen molar-refractivity contribution in [2.24, 2.45) is 0 Å². The third kappa shape index (κ3) is 6.05. The molecular weight excluding hydrogens is 380 g/mol. The fourth-order valence-electron chi connectivity index (χ4n) is 3.35. The first-order valence-corrected chi connectivity index (χ1v) is 9.45. The van der Waals surface area contributed by atoms with Crippen LogP contribution in [0.2, 0.25) is 0 Å². The van der Waals surface area contributed by atoms with E-state index in [2.05, 4.69) is 9.64 Å². The highest BCUT2D eigenvalue weighted by Gasteiger charge is 2.22. The zero-order valence-corrected chi connectivity index (χ0v) is 16.3. The SMILES string of the molecule is CN(CC(=O)N1CCN(c2ccc(O)cc2)CC1)Cc1ccc(OC(F)F)cc1. The number of phenols is 1. The molecule has 1 amide bonds. The Hall–Kier alpha value is -2.87. The Bertz CT molecular complexity index is 792. The van der Waals surface area contributed by atoms with Crippen LogP contribution in [0, 0.1) is 0 Å². The normalized spacial score (nSPS) is 14.5. The van der Waals surface area contributed by atoms with Gasteiger partial charge in [0.2, 0.25) is 5.91 Å². The van der Waals surface area contributed by atoms with E-state index in [9.17, 15) is 18.7 Å². The number of nitrogens with zero attached hydrogens (tertiary/aromatic N) is 3. The Morgan fingerprint density at radius 1 is 1.07 bits per heavy atom. The molecule has 1 aliphatic rings. The zero-order chi connectivity index (χ0) is 20.8. The van der Waals surface area contributed by atoms with Crippen LogP contribution in [0.4, 0.5) is 14.5 Å². The van der Waals surface area contributed by atoms with Crippen molar-refractivity contribution >= 4 is 11.6 Å². The van der Waals surface area contributed by atoms with Crippen molar-refractivity contribution in [1.29, 1.82) is 0 Å². The van der Waals surface area contributed by atoms with Gasteiger partial charge >= 0.3 is 6.61 Å². The maximum atomic E-state index is 12.6. The fourth-order valence-corrected chi connectivity index (χ4v) is 3.35. The van der Waals surface area contributed by atoms with Crippen LogP contribution in [0.3, 0.4) is 0 Å². The average molecular weight is 405 g/mol. The maximum Gasteiger partial charge on any atom is 0.387 e. The van der Waals surface area contributed by atoms with E-state index < -0.39 is 6.61 Å². The number of phenolic OH excluding ortho intramolecular Hbond substituents is 1. The van der Waals surface area contributed by atoms with E-state index in [-0.39, 0.29) is 24.0 Å². The lowest BCUT2D eigenvalue weighted by atomic mass is 10.2. The lowest BCUT2D eigenvalue weighted by Crippen LogP contribution is -2.51. The van der Waals surface area contributed by atoms with E-state index in [1.807, 2.05) is 29.0 Å². The van der Waals surface area contributed by atoms with Gasteiger partial charge in [0, 0.05) is 38.4 Å². The van der Waals surface area contributed by atoms with Crippen LogP contribution >= 0.6 is 0 Å². The molecule has 29 heavy (non-hydrogen) atoms. The summed E-state index contributed by atoms with van der Waals surface area (Å²) in [5.74, 6) is 0.422. The lowest BCUT2D eigenvalue weighted by molar-refractivity contribution is -0.132. The summed E-state index contributed by atoms with van der Waals surface area (Å²) in [4.78, 5) is 18.5. The van der Waals surface area contributed by atoms with Gasteiger partial charge in [-0.15, -0.1) is 0 Å². The van der Waals surface area contributed by atoms with E-state index in [0.717, 1.165) is 24.3 Å². The van der Waals surface area contributed by atoms with Crippen LogP contribution < -0.4 is 9.64 Å². The second-order valence-corrected chi connectivity index (χ2v) is 7.08. The third-order valence-electron chi connectivity index (χ3n) is 4.85. The quantitative estimate of drug-likeness (QED) is 0.768. The molecule has 1 N–H and O–H groups in total. The predicted octanol–water partition coefficient (Wildman–Crippen LogP) is 2.77. The molecule has 0 radical (unpaired) electrons. The Balaban J connectivity index is 1.44. The van der Waals surface area contributed by atoms with Gasteiger partial charge in [0.25, 0.3) is 0 Å². The first-order chi connectivity index (χ1) is 13.9. The van der Waals surface area contributed by atoms with Crippen molar-refractivity contribution in [1.82, 2.24) is 9.80 Å². The van der Waals surface area contributed by atoms with E-state index >= 15 is 0 Å². The monoisotopic (exact) mass is 405 g/mol. The van der Waals surface area contributed by atoms with Crippen molar-refractivity contribution in [3.05, 3.63) is 54.1 Å². The van der Waals surface area contributed by atoms with E-state index in [1.165, 1.54) is 12.1 Å². The number of carbonyl (C=O) groups is 1. The summed E-state index contributed by atoms with van der Waals surface area (Å²) in [6.45, 7) is 0.761. The molecule has 2 aromatic carbocycles. The van der Waals surface area contributed by atoms with Gasteiger partial charge in [-0.25, -0.2) is 0 Å². The highest BCUT2D eigenvalue weighted by atomic mass is 19.3. The van der Waals surface area contributed by atoms with Crippen LogP contribution in [-0.4, -0.2) is 67.2 Å². The largest absolute Gasteiger partial charge is 0.508 e. The molecular formula is C21H25F2N3O3. The molecule has 1 heterocycles. The first-order valence-electron chi connectivity index (χ1n) is 9.45. The van der Waals surface area contributed by atoms with Crippen molar-refractivity contribution in [2.45, 2.75) is 13.2 Å². The molecule has 0 bridgehead atoms. The number of amides is 1. The smallest absolute Gasteiger partial charge is 0.387 e. The van der Waals surface area contributed by atoms with Gasteiger partial charge in [0.05, 0.1) is 6.54 Å². The lowest BCUT2D eigenvalue weighted by Gasteiger charge is -2.36. The second-order valence-electron chi connectivity index (χ2n) is 7.08. The number of halogens is 2. The third-order valence-corrected chi connectivity index (χ3v) is 4.85. The van der Waals surface area contributed by atoms with Crippen LogP contribution in [0.5, 0.6) is 11.5 Å². The molecule has 2 aromatic rings. The Labute approximate surface area is 168 Å². The van der Waals surface area contributed by atoms with Gasteiger partial charge < -0.3 is 19.6 Å². The number of aromatic hydroxyl groups is 1. The van der Waals surface area contributed by atoms with Gasteiger partial charge in [0.15, 0.2) is 0 Å². The topological polar surface area (TPSA) is 56.3 Å². The molecule has 1 aliphatic heterocycles. The minimum atomic E-state index is -2.84. The molecule has 0 atom stereocenters. The number of likely N-dealkylation sites (N-methyl/N-ethyl adjacent to an activating group) is 1. The predicted molar refractivity (Wildman–Crippen MR) is 106 cm³/mol. The molecule has 0 unspecified atom stereocenters. The van der Waals surface area contributed by atoms with Gasteiger partial charge in [0.1, 0.15) is 11.5 Å². The number of alkyl halides is 2. The Morgan fingerprint density at radius 3 is 2.28 bits per heavy atom. The number of ether oxygens (including phenoxy) is 1. The Morgan fingerprint density at radius 2 is 1.69 bits per heavy atom. The van der Waals surface area contributed by atoms with E-state index in [4.69, 9.17) is 0 Å². The molecule has 6 nitrogen and oxygen atoms in total. The summed E-state index contributed by atoms with van der Waals surface area (Å²) in [6, 6.07) is 13.5. The van der Waals surface area contributed by atoms with Crippen LogP contribution in [0.15, 0.2) is 48.5 Å². The second kappa shape index (κ2) is 9.56. The number of carbonyl (C=O) groups excluding carboxylic acids is 1. The van der Waals surface area contributed by atoms with Gasteiger partial charge in [-0.1, -0.05) is 12.1 Å². The van der Waals surface area contributed by atoms with Crippen LogP contribution in [0.25, 0.3) is 0 Å². The molecule has 0 spiro atoms. The number of rotatable bonds is 7. The molecule has 156 valence electrons. The van der Waals surface area contributed by atoms with Crippen molar-refractivity contribution in [2.75, 3.05) is 44.7 Å². The molecule has 0 aliphatic carbocycles. The van der Waals surface area contributed by atoms with E-state index in [0.29, 0.717) is 19.6 Å². The summed E-state index contributed by atoms with van der Waals surface area (Å²) in [7, 11) is 1.86. The number of hydrogen-bond acceptors (Lipinski definition) is 5. The van der Waals surface area contributed by atoms with Crippen LogP contribution in [-0.2, 0) is 11.3 Å². The number of hydrogen-bond donors (Lipinski definition) is 1. The maximum absolute atomic E-state index is 12.6. The zero-order valence-electron chi connectivity index (χ0n) is 16.3. The summed E-state index contributed by atoms with van der Waals surface area (Å²) < 4.78 is 28.7.